The number of anilines is 3. The zero-order valence-electron chi connectivity index (χ0n) is 24.6. The van der Waals surface area contributed by atoms with E-state index in [0.29, 0.717) is 34.6 Å². The van der Waals surface area contributed by atoms with E-state index in [9.17, 15) is 24.3 Å². The first-order valence-corrected chi connectivity index (χ1v) is 15.0. The van der Waals surface area contributed by atoms with E-state index in [1.165, 1.54) is 42.4 Å². The van der Waals surface area contributed by atoms with Gasteiger partial charge in [0.25, 0.3) is 5.91 Å². The van der Waals surface area contributed by atoms with Gasteiger partial charge in [-0.15, -0.1) is 0 Å². The highest BCUT2D eigenvalue weighted by Crippen LogP contribution is 2.31. The molecule has 0 aromatic heterocycles. The SMILES string of the molecule is CN(C(=O)COc1ccccc1N(CCC1CCCCC1)C(=O)CNC(=O)Nc1cccc(C(=O)O)c1)c1cccc(Cl)c1. The molecule has 0 spiro atoms. The third-order valence-electron chi connectivity index (χ3n) is 7.63. The summed E-state index contributed by atoms with van der Waals surface area (Å²) in [7, 11) is 1.64. The van der Waals surface area contributed by atoms with Crippen LogP contribution in [0.4, 0.5) is 21.9 Å². The molecule has 232 valence electrons. The van der Waals surface area contributed by atoms with Crippen LogP contribution in [-0.4, -0.2) is 55.7 Å². The molecule has 3 aromatic rings. The van der Waals surface area contributed by atoms with Crippen molar-refractivity contribution in [2.24, 2.45) is 5.92 Å². The number of aromatic carboxylic acids is 1. The molecule has 0 radical (unpaired) electrons. The monoisotopic (exact) mass is 620 g/mol. The average molecular weight is 621 g/mol. The maximum atomic E-state index is 13.6. The van der Waals surface area contributed by atoms with Crippen molar-refractivity contribution in [1.29, 1.82) is 0 Å². The highest BCUT2D eigenvalue weighted by Gasteiger charge is 2.23. The Hall–Kier alpha value is -4.57. The first-order chi connectivity index (χ1) is 21.2. The van der Waals surface area contributed by atoms with Gasteiger partial charge in [0, 0.05) is 30.0 Å². The van der Waals surface area contributed by atoms with Crippen LogP contribution in [0.3, 0.4) is 0 Å². The second-order valence-corrected chi connectivity index (χ2v) is 11.2. The van der Waals surface area contributed by atoms with Gasteiger partial charge in [0.15, 0.2) is 6.61 Å². The molecule has 0 heterocycles. The Morgan fingerprint density at radius 3 is 2.43 bits per heavy atom. The fourth-order valence-electron chi connectivity index (χ4n) is 5.19. The molecule has 11 heteroatoms. The van der Waals surface area contributed by atoms with Crippen LogP contribution < -0.4 is 25.2 Å². The number of para-hydroxylation sites is 2. The van der Waals surface area contributed by atoms with E-state index in [4.69, 9.17) is 16.3 Å². The number of carboxylic acid groups (broad SMARTS) is 1. The highest BCUT2D eigenvalue weighted by molar-refractivity contribution is 6.30. The Morgan fingerprint density at radius 1 is 0.932 bits per heavy atom. The van der Waals surface area contributed by atoms with Crippen molar-refractivity contribution in [3.63, 3.8) is 0 Å². The van der Waals surface area contributed by atoms with E-state index in [0.717, 1.165) is 19.3 Å². The minimum Gasteiger partial charge on any atom is -0.482 e. The van der Waals surface area contributed by atoms with Crippen molar-refractivity contribution in [2.75, 3.05) is 41.9 Å². The van der Waals surface area contributed by atoms with Crippen molar-refractivity contribution in [3.8, 4) is 5.75 Å². The number of nitrogens with one attached hydrogen (secondary N) is 2. The van der Waals surface area contributed by atoms with Gasteiger partial charge in [-0.3, -0.25) is 9.59 Å². The predicted molar refractivity (Wildman–Crippen MR) is 171 cm³/mol. The lowest BCUT2D eigenvalue weighted by atomic mass is 9.87. The molecule has 0 bridgehead atoms. The van der Waals surface area contributed by atoms with Crippen LogP contribution in [0.15, 0.2) is 72.8 Å². The van der Waals surface area contributed by atoms with E-state index < -0.39 is 12.0 Å². The lowest BCUT2D eigenvalue weighted by molar-refractivity contribution is -0.120. The number of urea groups is 1. The summed E-state index contributed by atoms with van der Waals surface area (Å²) in [5, 5.41) is 14.9. The number of rotatable bonds is 12. The van der Waals surface area contributed by atoms with Crippen LogP contribution in [0.2, 0.25) is 5.02 Å². The number of carbonyl (C=O) groups excluding carboxylic acids is 3. The van der Waals surface area contributed by atoms with Gasteiger partial charge in [0.1, 0.15) is 5.75 Å². The summed E-state index contributed by atoms with van der Waals surface area (Å²) in [6.07, 6.45) is 6.59. The summed E-state index contributed by atoms with van der Waals surface area (Å²) in [5.74, 6) is -0.900. The molecule has 0 unspecified atom stereocenters. The Kier molecular flexibility index (Phi) is 11.6. The first kappa shape index (κ1) is 32.3. The van der Waals surface area contributed by atoms with Crippen LogP contribution in [0.1, 0.15) is 48.9 Å². The summed E-state index contributed by atoms with van der Waals surface area (Å²) in [4.78, 5) is 53.4. The lowest BCUT2D eigenvalue weighted by Crippen LogP contribution is -2.42. The number of carboxylic acids is 1. The van der Waals surface area contributed by atoms with Crippen molar-refractivity contribution < 1.29 is 29.0 Å². The van der Waals surface area contributed by atoms with Crippen LogP contribution in [0.25, 0.3) is 0 Å². The zero-order valence-corrected chi connectivity index (χ0v) is 25.4. The summed E-state index contributed by atoms with van der Waals surface area (Å²) in [6, 6.07) is 19.2. The van der Waals surface area contributed by atoms with Crippen LogP contribution in [0.5, 0.6) is 5.75 Å². The largest absolute Gasteiger partial charge is 0.482 e. The number of likely N-dealkylation sites (N-methyl/N-ethyl adjacent to an activating group) is 1. The molecule has 3 aromatic carbocycles. The maximum absolute atomic E-state index is 13.6. The summed E-state index contributed by atoms with van der Waals surface area (Å²) in [5.41, 5.74) is 1.45. The fourth-order valence-corrected chi connectivity index (χ4v) is 5.38. The molecule has 4 amide bonds. The Labute approximate surface area is 261 Å². The van der Waals surface area contributed by atoms with Crippen molar-refractivity contribution >= 4 is 52.5 Å². The normalized spacial score (nSPS) is 13.0. The summed E-state index contributed by atoms with van der Waals surface area (Å²) < 4.78 is 5.96. The summed E-state index contributed by atoms with van der Waals surface area (Å²) in [6.45, 7) is -0.148. The second kappa shape index (κ2) is 15.8. The number of hydrogen-bond acceptors (Lipinski definition) is 5. The van der Waals surface area contributed by atoms with E-state index in [2.05, 4.69) is 10.6 Å². The molecule has 10 nitrogen and oxygen atoms in total. The van der Waals surface area contributed by atoms with Gasteiger partial charge in [0.2, 0.25) is 5.91 Å². The van der Waals surface area contributed by atoms with Gasteiger partial charge < -0.3 is 30.3 Å². The smallest absolute Gasteiger partial charge is 0.335 e. The molecular formula is C33H37ClN4O6. The standard InChI is InChI=1S/C33H37ClN4O6/c1-37(27-14-8-12-25(34)20-27)31(40)22-44-29-16-6-5-15-28(29)38(18-17-23-9-3-2-4-10-23)30(39)21-35-33(43)36-26-13-7-11-24(19-26)32(41)42/h5-8,11-16,19-20,23H,2-4,9-10,17-18,21-22H2,1H3,(H,41,42)(H2,35,36,43). The molecule has 0 saturated heterocycles. The van der Waals surface area contributed by atoms with Crippen LogP contribution in [0, 0.1) is 5.92 Å². The van der Waals surface area contributed by atoms with E-state index in [1.807, 2.05) is 0 Å². The molecule has 0 atom stereocenters. The van der Waals surface area contributed by atoms with Gasteiger partial charge in [-0.25, -0.2) is 9.59 Å². The maximum Gasteiger partial charge on any atom is 0.335 e. The zero-order chi connectivity index (χ0) is 31.5. The molecule has 1 aliphatic rings. The number of halogens is 1. The second-order valence-electron chi connectivity index (χ2n) is 10.7. The molecule has 44 heavy (non-hydrogen) atoms. The number of amides is 4. The minimum absolute atomic E-state index is 0.0293. The molecule has 1 fully saturated rings. The third kappa shape index (κ3) is 9.21. The fraction of sp³-hybridized carbons (Fsp3) is 0.333. The van der Waals surface area contributed by atoms with E-state index in [1.54, 1.807) is 66.5 Å². The number of nitrogens with zero attached hydrogens (tertiary/aromatic N) is 2. The van der Waals surface area contributed by atoms with Gasteiger partial charge >= 0.3 is 12.0 Å². The molecule has 0 aliphatic heterocycles. The van der Waals surface area contributed by atoms with Crippen molar-refractivity contribution in [3.05, 3.63) is 83.4 Å². The van der Waals surface area contributed by atoms with Gasteiger partial charge in [0.05, 0.1) is 17.8 Å². The van der Waals surface area contributed by atoms with Crippen molar-refractivity contribution in [1.82, 2.24) is 5.32 Å². The molecular weight excluding hydrogens is 584 g/mol. The van der Waals surface area contributed by atoms with Crippen LogP contribution in [-0.2, 0) is 9.59 Å². The topological polar surface area (TPSA) is 128 Å². The Morgan fingerprint density at radius 2 is 1.68 bits per heavy atom. The molecule has 3 N–H and O–H groups in total. The average Bonchev–Trinajstić information content (AvgIpc) is 3.03. The van der Waals surface area contributed by atoms with Crippen molar-refractivity contribution in [2.45, 2.75) is 38.5 Å². The van der Waals surface area contributed by atoms with E-state index >= 15 is 0 Å². The van der Waals surface area contributed by atoms with Gasteiger partial charge in [-0.05, 0) is 60.9 Å². The number of carbonyl (C=O) groups is 4. The number of benzene rings is 3. The number of hydrogen-bond donors (Lipinski definition) is 3. The molecule has 1 saturated carbocycles. The van der Waals surface area contributed by atoms with Gasteiger partial charge in [-0.2, -0.15) is 0 Å². The predicted octanol–water partition coefficient (Wildman–Crippen LogP) is 6.21. The Bertz CT molecular complexity index is 1480. The third-order valence-corrected chi connectivity index (χ3v) is 7.87. The first-order valence-electron chi connectivity index (χ1n) is 14.6. The molecule has 1 aliphatic carbocycles. The quantitative estimate of drug-likeness (QED) is 0.221. The summed E-state index contributed by atoms with van der Waals surface area (Å²) >= 11 is 6.08. The van der Waals surface area contributed by atoms with Crippen LogP contribution >= 0.6 is 11.6 Å². The van der Waals surface area contributed by atoms with Gasteiger partial charge in [-0.1, -0.05) is 68.0 Å². The minimum atomic E-state index is -1.11. The number of ether oxygens (including phenoxy) is 1. The lowest BCUT2D eigenvalue weighted by Gasteiger charge is -2.29. The molecule has 4 rings (SSSR count). The highest BCUT2D eigenvalue weighted by atomic mass is 35.5. The van der Waals surface area contributed by atoms with E-state index in [-0.39, 0.29) is 36.2 Å². The Balaban J connectivity index is 1.45.